The van der Waals surface area contributed by atoms with E-state index in [1.165, 1.54) is 0 Å². The highest BCUT2D eigenvalue weighted by Gasteiger charge is 2.03. The van der Waals surface area contributed by atoms with Gasteiger partial charge in [0.2, 0.25) is 0 Å². The number of phosphoric ester groups is 1. The van der Waals surface area contributed by atoms with Crippen LogP contribution in [0.15, 0.2) is 0 Å². The summed E-state index contributed by atoms with van der Waals surface area (Å²) in [4.78, 5) is 10.1. The average molecular weight is 189 g/mol. The van der Waals surface area contributed by atoms with Gasteiger partial charge in [-0.05, 0) is 0 Å². The van der Waals surface area contributed by atoms with Crippen LogP contribution in [0.1, 0.15) is 22.3 Å². The van der Waals surface area contributed by atoms with Gasteiger partial charge >= 0.3 is 0 Å². The first-order valence-electron chi connectivity index (χ1n) is 1.93. The number of quaternary nitrogens is 1. The van der Waals surface area contributed by atoms with E-state index in [9.17, 15) is 9.46 Å². The molecule has 0 radical (unpaired) electrons. The van der Waals surface area contributed by atoms with Gasteiger partial charge in [-0.3, -0.25) is 9.09 Å². The second-order valence-electron chi connectivity index (χ2n) is 0.963. The van der Waals surface area contributed by atoms with E-state index in [1.54, 1.807) is 0 Å². The summed E-state index contributed by atoms with van der Waals surface area (Å²) in [6.45, 7) is -0.130. The Hall–Kier alpha value is 0.0700. The standard InChI is InChI=1S/C2H8NO4P.3CH4/c1-6-8(4,5)7-2-3;;;/h2-3H2,1H3,(H,4,5);3*1H4. The van der Waals surface area contributed by atoms with Gasteiger partial charge in [0.15, 0.2) is 6.73 Å². The van der Waals surface area contributed by atoms with E-state index in [-0.39, 0.29) is 29.0 Å². The first-order valence-corrected chi connectivity index (χ1v) is 3.39. The SMILES string of the molecule is C.C.C.COP(=O)([O-])OC[NH3+]. The molecule has 11 heavy (non-hydrogen) atoms. The third-order valence-electron chi connectivity index (χ3n) is 0.473. The van der Waals surface area contributed by atoms with Gasteiger partial charge in [0.05, 0.1) is 0 Å². The van der Waals surface area contributed by atoms with Crippen molar-refractivity contribution in [3.05, 3.63) is 0 Å². The van der Waals surface area contributed by atoms with Crippen molar-refractivity contribution in [2.24, 2.45) is 0 Å². The third kappa shape index (κ3) is 13.1. The van der Waals surface area contributed by atoms with Gasteiger partial charge in [-0.1, -0.05) is 22.3 Å². The molecule has 0 spiro atoms. The summed E-state index contributed by atoms with van der Waals surface area (Å²) in [5, 5.41) is 0. The highest BCUT2D eigenvalue weighted by molar-refractivity contribution is 7.45. The Kier molecular flexibility index (Phi) is 20.6. The average Bonchev–Trinajstić information content (AvgIpc) is 1.67. The van der Waals surface area contributed by atoms with Crippen LogP contribution in [0.2, 0.25) is 0 Å². The molecule has 1 unspecified atom stereocenters. The molecule has 0 heterocycles. The van der Waals surface area contributed by atoms with Gasteiger partial charge < -0.3 is 15.2 Å². The molecule has 0 aliphatic carbocycles. The Bertz CT molecular complexity index is 109. The Morgan fingerprint density at radius 1 is 1.45 bits per heavy atom. The fourth-order valence-corrected chi connectivity index (χ4v) is 0.494. The Morgan fingerprint density at radius 2 is 1.82 bits per heavy atom. The lowest BCUT2D eigenvalue weighted by atomic mass is 11.4. The van der Waals surface area contributed by atoms with Crippen LogP contribution >= 0.6 is 7.82 Å². The topological polar surface area (TPSA) is 86.2 Å². The van der Waals surface area contributed by atoms with Gasteiger partial charge in [0.1, 0.15) is 0 Å². The lowest BCUT2D eigenvalue weighted by molar-refractivity contribution is -0.422. The van der Waals surface area contributed by atoms with Crippen LogP contribution in [0.3, 0.4) is 0 Å². The van der Waals surface area contributed by atoms with Crippen LogP contribution in [0, 0.1) is 0 Å². The molecule has 0 rings (SSSR count). The van der Waals surface area contributed by atoms with Crippen molar-refractivity contribution in [2.45, 2.75) is 22.3 Å². The zero-order chi connectivity index (χ0) is 6.62. The zero-order valence-corrected chi connectivity index (χ0v) is 5.39. The van der Waals surface area contributed by atoms with E-state index in [0.29, 0.717) is 0 Å². The van der Waals surface area contributed by atoms with Gasteiger partial charge in [0, 0.05) is 7.11 Å². The molecule has 5 nitrogen and oxygen atoms in total. The van der Waals surface area contributed by atoms with Gasteiger partial charge in [-0.2, -0.15) is 0 Å². The molecule has 0 fully saturated rings. The van der Waals surface area contributed by atoms with Crippen molar-refractivity contribution in [1.29, 1.82) is 0 Å². The maximum atomic E-state index is 10.1. The van der Waals surface area contributed by atoms with Crippen LogP contribution < -0.4 is 10.6 Å². The van der Waals surface area contributed by atoms with Crippen molar-refractivity contribution >= 4 is 7.82 Å². The van der Waals surface area contributed by atoms with Crippen molar-refractivity contribution in [3.63, 3.8) is 0 Å². The van der Waals surface area contributed by atoms with Gasteiger partial charge in [-0.25, -0.2) is 0 Å². The van der Waals surface area contributed by atoms with Crippen LogP contribution in [0.5, 0.6) is 0 Å². The minimum absolute atomic E-state index is 0. The Balaban J connectivity index is -0.0000000817. The summed E-state index contributed by atoms with van der Waals surface area (Å²) in [5.74, 6) is 0. The predicted octanol–water partition coefficient (Wildman–Crippen LogP) is 0.226. The fraction of sp³-hybridized carbons (Fsp3) is 1.00. The van der Waals surface area contributed by atoms with Crippen molar-refractivity contribution in [2.75, 3.05) is 13.8 Å². The molecule has 0 amide bonds. The number of rotatable bonds is 3. The monoisotopic (exact) mass is 189 g/mol. The summed E-state index contributed by atoms with van der Waals surface area (Å²) >= 11 is 0. The lowest BCUT2D eigenvalue weighted by Crippen LogP contribution is -2.51. The highest BCUT2D eigenvalue weighted by Crippen LogP contribution is 2.35. The summed E-state index contributed by atoms with van der Waals surface area (Å²) in [6.07, 6.45) is 0. The van der Waals surface area contributed by atoms with Crippen molar-refractivity contribution in [3.8, 4) is 0 Å². The largest absolute Gasteiger partial charge is 0.756 e. The summed E-state index contributed by atoms with van der Waals surface area (Å²) in [5.41, 5.74) is 3.14. The number of hydrogen-bond acceptors (Lipinski definition) is 4. The number of hydrogen-bond donors (Lipinski definition) is 1. The Labute approximate surface area is 69.1 Å². The highest BCUT2D eigenvalue weighted by atomic mass is 31.2. The summed E-state index contributed by atoms with van der Waals surface area (Å²) in [6, 6.07) is 0. The van der Waals surface area contributed by atoms with E-state index in [1.807, 2.05) is 0 Å². The lowest BCUT2D eigenvalue weighted by Gasteiger charge is -2.16. The maximum absolute atomic E-state index is 10.1. The molecule has 0 aliphatic rings. The summed E-state index contributed by atoms with van der Waals surface area (Å²) in [7, 11) is -2.95. The van der Waals surface area contributed by atoms with E-state index < -0.39 is 7.82 Å². The maximum Gasteiger partial charge on any atom is 0.272 e. The predicted molar refractivity (Wildman–Crippen MR) is 43.6 cm³/mol. The van der Waals surface area contributed by atoms with Crippen LogP contribution in [-0.4, -0.2) is 13.8 Å². The second kappa shape index (κ2) is 10.1. The molecule has 3 N–H and O–H groups in total. The van der Waals surface area contributed by atoms with Gasteiger partial charge in [-0.15, -0.1) is 0 Å². The van der Waals surface area contributed by atoms with Crippen molar-refractivity contribution < 1.29 is 24.2 Å². The molecule has 1 atom stereocenters. The quantitative estimate of drug-likeness (QED) is 0.508. The third-order valence-corrected chi connectivity index (χ3v) is 1.42. The molecular formula is C5H20NO4P. The van der Waals surface area contributed by atoms with E-state index >= 15 is 0 Å². The molecule has 0 saturated heterocycles. The first-order chi connectivity index (χ1) is 3.62. The minimum Gasteiger partial charge on any atom is -0.756 e. The van der Waals surface area contributed by atoms with Gasteiger partial charge in [0.25, 0.3) is 7.82 Å². The first kappa shape index (κ1) is 22.5. The van der Waals surface area contributed by atoms with Crippen LogP contribution in [0.25, 0.3) is 0 Å². The minimum atomic E-state index is -3.99. The fourth-order valence-electron chi connectivity index (χ4n) is 0.165. The Morgan fingerprint density at radius 3 is 1.91 bits per heavy atom. The summed E-state index contributed by atoms with van der Waals surface area (Å²) < 4.78 is 18.1. The number of phosphoric acid groups is 1. The molecule has 6 heteroatoms. The molecule has 0 bridgehead atoms. The second-order valence-corrected chi connectivity index (χ2v) is 2.48. The zero-order valence-electron chi connectivity index (χ0n) is 4.49. The molecule has 0 aromatic heterocycles. The molecule has 0 aromatic carbocycles. The smallest absolute Gasteiger partial charge is 0.272 e. The normalized spacial score (nSPS) is 13.0. The van der Waals surface area contributed by atoms with Crippen LogP contribution in [-0.2, 0) is 13.6 Å². The molecule has 0 aromatic rings. The molecule has 0 saturated carbocycles. The van der Waals surface area contributed by atoms with Crippen LogP contribution in [0.4, 0.5) is 0 Å². The molecular weight excluding hydrogens is 169 g/mol. The van der Waals surface area contributed by atoms with E-state index in [4.69, 9.17) is 0 Å². The van der Waals surface area contributed by atoms with E-state index in [0.717, 1.165) is 7.11 Å². The molecule has 74 valence electrons. The molecule has 0 aliphatic heterocycles. The van der Waals surface area contributed by atoms with Crippen molar-refractivity contribution in [1.82, 2.24) is 0 Å². The van der Waals surface area contributed by atoms with E-state index in [2.05, 4.69) is 14.8 Å².